The molecule has 0 aromatic rings. The highest BCUT2D eigenvalue weighted by molar-refractivity contribution is 7.32. The lowest BCUT2D eigenvalue weighted by Crippen LogP contribution is -1.96. The Bertz CT molecular complexity index is 152. The molecule has 2 atom stereocenters. The normalized spacial score (nSPS) is 15.8. The van der Waals surface area contributed by atoms with E-state index in [2.05, 4.69) is 9.52 Å². The van der Waals surface area contributed by atoms with Crippen LogP contribution in [0.25, 0.3) is 0 Å². The van der Waals surface area contributed by atoms with Gasteiger partial charge in [0.1, 0.15) is 0 Å². The van der Waals surface area contributed by atoms with Gasteiger partial charge < -0.3 is 4.89 Å². The molecule has 0 saturated carbocycles. The summed E-state index contributed by atoms with van der Waals surface area (Å²) in [5.74, 6) is 0. The summed E-state index contributed by atoms with van der Waals surface area (Å²) >= 11 is 0. The maximum Gasteiger partial charge on any atom is 0.318 e. The first-order chi connectivity index (χ1) is 4.16. The molecule has 0 aliphatic heterocycles. The van der Waals surface area contributed by atoms with Gasteiger partial charge in [-0.15, -0.1) is 0 Å². The number of rotatable bonds is 3. The first-order valence-electron chi connectivity index (χ1n) is 2.13. The Morgan fingerprint density at radius 3 is 2.78 bits per heavy atom. The Kier molecular flexibility index (Phi) is 4.18. The molecule has 0 radical (unpaired) electrons. The molecule has 1 N–H and O–H groups in total. The number of carbonyl (C=O) groups excluding carboxylic acids is 1. The van der Waals surface area contributed by atoms with Crippen LogP contribution in [0.1, 0.15) is 6.92 Å². The fraction of sp³-hybridized carbons (Fsp3) is 0.667. The molecule has 0 aromatic heterocycles. The predicted molar refractivity (Wildman–Crippen MR) is 29.9 cm³/mol. The molecule has 5 nitrogen and oxygen atoms in total. The van der Waals surface area contributed by atoms with Crippen LogP contribution in [0.15, 0.2) is 4.99 Å². The Morgan fingerprint density at radius 1 is 1.89 bits per heavy atom. The van der Waals surface area contributed by atoms with Gasteiger partial charge >= 0.3 is 8.25 Å². The van der Waals surface area contributed by atoms with Crippen molar-refractivity contribution in [2.24, 2.45) is 4.99 Å². The molecule has 9 heavy (non-hydrogen) atoms. The highest BCUT2D eigenvalue weighted by Gasteiger charge is 1.99. The van der Waals surface area contributed by atoms with Gasteiger partial charge in [-0.05, 0) is 6.92 Å². The monoisotopic (exact) mass is 151 g/mol. The predicted octanol–water partition coefficient (Wildman–Crippen LogP) is 0.0668. The highest BCUT2D eigenvalue weighted by Crippen LogP contribution is 2.17. The molecule has 0 heterocycles. The molecule has 0 aliphatic rings. The van der Waals surface area contributed by atoms with Gasteiger partial charge in [0.25, 0.3) is 0 Å². The van der Waals surface area contributed by atoms with Crippen molar-refractivity contribution in [3.8, 4) is 0 Å². The smallest absolute Gasteiger partial charge is 0.318 e. The van der Waals surface area contributed by atoms with Gasteiger partial charge in [-0.2, -0.15) is 4.99 Å². The minimum absolute atomic E-state index is 0.876. The van der Waals surface area contributed by atoms with Gasteiger partial charge in [-0.3, -0.25) is 9.09 Å². The third-order valence-electron chi connectivity index (χ3n) is 0.506. The van der Waals surface area contributed by atoms with E-state index in [0.29, 0.717) is 0 Å². The Morgan fingerprint density at radius 2 is 2.44 bits per heavy atom. The van der Waals surface area contributed by atoms with Crippen LogP contribution in [0.5, 0.6) is 0 Å². The van der Waals surface area contributed by atoms with Crippen LogP contribution in [-0.4, -0.2) is 17.2 Å². The molecular weight excluding hydrogens is 145 g/mol. The molecule has 0 aliphatic carbocycles. The van der Waals surface area contributed by atoms with Crippen molar-refractivity contribution in [1.29, 1.82) is 0 Å². The second-order valence-corrected chi connectivity index (χ2v) is 1.97. The second-order valence-electron chi connectivity index (χ2n) is 1.20. The number of isocyanates is 1. The van der Waals surface area contributed by atoms with E-state index in [9.17, 15) is 9.36 Å². The topological polar surface area (TPSA) is 76.0 Å². The van der Waals surface area contributed by atoms with Crippen molar-refractivity contribution in [2.45, 2.75) is 13.2 Å². The quantitative estimate of drug-likeness (QED) is 0.351. The van der Waals surface area contributed by atoms with E-state index < -0.39 is 14.5 Å². The van der Waals surface area contributed by atoms with E-state index in [1.54, 1.807) is 0 Å². The number of hydrogen-bond donors (Lipinski definition) is 1. The van der Waals surface area contributed by atoms with Crippen LogP contribution >= 0.6 is 8.25 Å². The molecule has 0 fully saturated rings. The van der Waals surface area contributed by atoms with Gasteiger partial charge in [0.2, 0.25) is 6.08 Å². The summed E-state index contributed by atoms with van der Waals surface area (Å²) in [4.78, 5) is 20.5. The molecule has 0 rings (SSSR count). The van der Waals surface area contributed by atoms with Gasteiger partial charge in [-0.25, -0.2) is 4.79 Å². The fourth-order valence-corrected chi connectivity index (χ4v) is 0.591. The van der Waals surface area contributed by atoms with Crippen molar-refractivity contribution >= 4 is 14.3 Å². The van der Waals surface area contributed by atoms with Gasteiger partial charge in [-0.1, -0.05) is 0 Å². The van der Waals surface area contributed by atoms with Crippen LogP contribution in [0, 0.1) is 0 Å². The summed E-state index contributed by atoms with van der Waals surface area (Å²) in [5.41, 5.74) is 0. The van der Waals surface area contributed by atoms with E-state index in [-0.39, 0.29) is 0 Å². The van der Waals surface area contributed by atoms with Crippen LogP contribution in [0.2, 0.25) is 0 Å². The zero-order chi connectivity index (χ0) is 7.28. The van der Waals surface area contributed by atoms with Crippen molar-refractivity contribution in [3.63, 3.8) is 0 Å². The van der Waals surface area contributed by atoms with Crippen molar-refractivity contribution < 1.29 is 18.8 Å². The highest BCUT2D eigenvalue weighted by atomic mass is 31.1. The molecule has 52 valence electrons. The average molecular weight is 151 g/mol. The zero-order valence-electron chi connectivity index (χ0n) is 4.70. The molecule has 0 bridgehead atoms. The standard InChI is InChI=1S/C3H6NO4P/c1-3(4-2-5)8-9(6)7/h3,9H,1H3,(H,6,7). The minimum atomic E-state index is -2.98. The molecular formula is C3H6NO4P. The van der Waals surface area contributed by atoms with E-state index >= 15 is 0 Å². The Labute approximate surface area is 52.3 Å². The zero-order valence-corrected chi connectivity index (χ0v) is 5.70. The SMILES string of the molecule is CC(N=C=O)O[PH](=O)O. The number of nitrogens with zero attached hydrogens (tertiary/aromatic N) is 1. The van der Waals surface area contributed by atoms with Crippen molar-refractivity contribution in [3.05, 3.63) is 0 Å². The lowest BCUT2D eigenvalue weighted by atomic mass is 10.7. The molecule has 2 unspecified atom stereocenters. The van der Waals surface area contributed by atoms with Crippen molar-refractivity contribution in [1.82, 2.24) is 0 Å². The van der Waals surface area contributed by atoms with Crippen LogP contribution in [-0.2, 0) is 13.9 Å². The Balaban J connectivity index is 3.62. The third kappa shape index (κ3) is 5.40. The summed E-state index contributed by atoms with van der Waals surface area (Å²) in [6, 6.07) is 0. The summed E-state index contributed by atoms with van der Waals surface area (Å²) in [6.07, 6.45) is 0.313. The summed E-state index contributed by atoms with van der Waals surface area (Å²) < 4.78 is 14.0. The lowest BCUT2D eigenvalue weighted by Gasteiger charge is -1.99. The summed E-state index contributed by atoms with van der Waals surface area (Å²) in [5, 5.41) is 0. The van der Waals surface area contributed by atoms with Gasteiger partial charge in [0, 0.05) is 0 Å². The van der Waals surface area contributed by atoms with Crippen LogP contribution < -0.4 is 0 Å². The maximum absolute atomic E-state index is 9.86. The number of aliphatic imine (C=N–C) groups is 1. The maximum atomic E-state index is 9.86. The first-order valence-corrected chi connectivity index (χ1v) is 3.39. The molecule has 6 heteroatoms. The summed E-state index contributed by atoms with van der Waals surface area (Å²) in [7, 11) is -2.98. The fourth-order valence-electron chi connectivity index (χ4n) is 0.246. The molecule has 0 amide bonds. The van der Waals surface area contributed by atoms with E-state index in [0.717, 1.165) is 0 Å². The molecule has 0 aromatic carbocycles. The Hall–Kier alpha value is -0.470. The third-order valence-corrected chi connectivity index (χ3v) is 1.05. The van der Waals surface area contributed by atoms with E-state index in [1.165, 1.54) is 13.0 Å². The first kappa shape index (κ1) is 8.53. The van der Waals surface area contributed by atoms with Crippen LogP contribution in [0.4, 0.5) is 0 Å². The average Bonchev–Trinajstić information content (AvgIpc) is 1.63. The molecule has 0 spiro atoms. The van der Waals surface area contributed by atoms with Gasteiger partial charge in [0.15, 0.2) is 6.23 Å². The van der Waals surface area contributed by atoms with E-state index in [4.69, 9.17) is 4.89 Å². The van der Waals surface area contributed by atoms with Crippen LogP contribution in [0.3, 0.4) is 0 Å². The van der Waals surface area contributed by atoms with Crippen molar-refractivity contribution in [2.75, 3.05) is 0 Å². The second kappa shape index (κ2) is 4.41. The van der Waals surface area contributed by atoms with E-state index in [1.807, 2.05) is 0 Å². The number of hydrogen-bond acceptors (Lipinski definition) is 4. The molecule has 0 saturated heterocycles. The van der Waals surface area contributed by atoms with Gasteiger partial charge in [0.05, 0.1) is 0 Å². The lowest BCUT2D eigenvalue weighted by molar-refractivity contribution is 0.214. The summed E-state index contributed by atoms with van der Waals surface area (Å²) in [6.45, 7) is 1.36. The minimum Gasteiger partial charge on any atom is -0.326 e. The largest absolute Gasteiger partial charge is 0.326 e.